The molecule has 0 spiro atoms. The molecular weight excluding hydrogens is 220 g/mol. The van der Waals surface area contributed by atoms with E-state index in [1.165, 1.54) is 0 Å². The second-order valence-electron chi connectivity index (χ2n) is 1.64. The highest BCUT2D eigenvalue weighted by atomic mass is 35.5. The topological polar surface area (TPSA) is 26.3 Å². The Morgan fingerprint density at radius 3 is 2.08 bits per heavy atom. The van der Waals surface area contributed by atoms with Gasteiger partial charge in [0.2, 0.25) is 0 Å². The average Bonchev–Trinajstić information content (AvgIpc) is 1.85. The van der Waals surface area contributed by atoms with Crippen LogP contribution in [0.3, 0.4) is 0 Å². The first-order valence-corrected chi connectivity index (χ1v) is 3.25. The molecule has 0 aliphatic carbocycles. The minimum absolute atomic E-state index is 0.412. The number of carbonyl (C=O) groups is 1. The quantitative estimate of drug-likeness (QED) is 0.417. The van der Waals surface area contributed by atoms with Gasteiger partial charge >= 0.3 is 16.5 Å². The Labute approximate surface area is 75.9 Å². The molecule has 2 nitrogen and oxygen atoms in total. The van der Waals surface area contributed by atoms with Crippen molar-refractivity contribution in [2.75, 3.05) is 0 Å². The highest BCUT2D eigenvalue weighted by Gasteiger charge is 2.60. The summed E-state index contributed by atoms with van der Waals surface area (Å²) in [6.07, 6.45) is 0.412. The largest absolute Gasteiger partial charge is 0.431 e. The van der Waals surface area contributed by atoms with Gasteiger partial charge in [-0.05, 0) is 0 Å². The summed E-state index contributed by atoms with van der Waals surface area (Å²) >= 11 is 8.74. The van der Waals surface area contributed by atoms with Crippen LogP contribution < -0.4 is 0 Å². The lowest BCUT2D eigenvalue weighted by Gasteiger charge is -2.18. The Balaban J connectivity index is 4.61. The molecule has 0 aliphatic heterocycles. The van der Waals surface area contributed by atoms with E-state index in [4.69, 9.17) is 0 Å². The third kappa shape index (κ3) is 2.28. The summed E-state index contributed by atoms with van der Waals surface area (Å²) in [5, 5.41) is 0. The lowest BCUT2D eigenvalue weighted by atomic mass is 10.4. The number of esters is 1. The molecule has 0 aromatic heterocycles. The molecular formula is C5H3Cl2F3O2. The number of hydrogen-bond donors (Lipinski definition) is 0. The van der Waals surface area contributed by atoms with Crippen LogP contribution in [-0.4, -0.2) is 16.5 Å². The van der Waals surface area contributed by atoms with Gasteiger partial charge in [-0.3, -0.25) is 0 Å². The van der Waals surface area contributed by atoms with E-state index in [9.17, 15) is 18.0 Å². The molecule has 0 fully saturated rings. The van der Waals surface area contributed by atoms with Gasteiger partial charge in [-0.2, -0.15) is 8.78 Å². The lowest BCUT2D eigenvalue weighted by Crippen LogP contribution is -2.43. The number of alkyl halides is 5. The third-order valence-corrected chi connectivity index (χ3v) is 1.28. The molecule has 0 N–H and O–H groups in total. The molecule has 0 aliphatic rings. The van der Waals surface area contributed by atoms with E-state index in [1.54, 1.807) is 0 Å². The predicted octanol–water partition coefficient (Wildman–Crippen LogP) is 2.41. The van der Waals surface area contributed by atoms with Crippen LogP contribution in [0.5, 0.6) is 0 Å². The normalized spacial score (nSPS) is 12.4. The zero-order valence-electron chi connectivity index (χ0n) is 5.49. The van der Waals surface area contributed by atoms with Crippen LogP contribution in [0.15, 0.2) is 12.8 Å². The van der Waals surface area contributed by atoms with E-state index in [2.05, 4.69) is 34.5 Å². The van der Waals surface area contributed by atoms with Crippen molar-refractivity contribution in [2.24, 2.45) is 0 Å². The molecule has 70 valence electrons. The summed E-state index contributed by atoms with van der Waals surface area (Å²) in [4.78, 5) is 10.3. The van der Waals surface area contributed by atoms with Crippen LogP contribution in [0.2, 0.25) is 0 Å². The van der Waals surface area contributed by atoms with Gasteiger partial charge in [0.25, 0.3) is 0 Å². The van der Waals surface area contributed by atoms with Gasteiger partial charge in [0, 0.05) is 0 Å². The van der Waals surface area contributed by atoms with Crippen molar-refractivity contribution in [3.63, 3.8) is 0 Å². The monoisotopic (exact) mass is 222 g/mol. The summed E-state index contributed by atoms with van der Waals surface area (Å²) in [6, 6.07) is 0. The number of ether oxygens (including phenoxy) is 1. The van der Waals surface area contributed by atoms with E-state index >= 15 is 0 Å². The Kier molecular flexibility index (Phi) is 3.41. The van der Waals surface area contributed by atoms with Gasteiger partial charge < -0.3 is 4.74 Å². The highest BCUT2D eigenvalue weighted by molar-refractivity contribution is 6.49. The maximum Gasteiger partial charge on any atom is 0.404 e. The molecule has 0 aromatic carbocycles. The van der Waals surface area contributed by atoms with Gasteiger partial charge in [-0.25, -0.2) is 9.18 Å². The molecule has 7 heteroatoms. The van der Waals surface area contributed by atoms with Crippen LogP contribution >= 0.6 is 23.2 Å². The first kappa shape index (κ1) is 11.6. The van der Waals surface area contributed by atoms with E-state index in [0.717, 1.165) is 0 Å². The fourth-order valence-electron chi connectivity index (χ4n) is 0.265. The second-order valence-corrected chi connectivity index (χ2v) is 2.88. The molecule has 0 bridgehead atoms. The van der Waals surface area contributed by atoms with E-state index in [0.29, 0.717) is 6.26 Å². The summed E-state index contributed by atoms with van der Waals surface area (Å²) in [6.45, 7) is 2.81. The van der Waals surface area contributed by atoms with Gasteiger partial charge in [0.05, 0.1) is 6.26 Å². The van der Waals surface area contributed by atoms with Crippen molar-refractivity contribution < 1.29 is 22.7 Å². The molecule has 0 aromatic rings. The molecule has 0 radical (unpaired) electrons. The zero-order chi connectivity index (χ0) is 9.99. The Bertz CT molecular complexity index is 199. The number of carbonyl (C=O) groups excluding carboxylic acids is 1. The summed E-state index contributed by atoms with van der Waals surface area (Å²) in [5.74, 6) is -6.82. The molecule has 12 heavy (non-hydrogen) atoms. The zero-order valence-corrected chi connectivity index (χ0v) is 7.00. The molecule has 0 atom stereocenters. The van der Waals surface area contributed by atoms with Crippen LogP contribution in [-0.2, 0) is 9.53 Å². The van der Waals surface area contributed by atoms with Gasteiger partial charge in [-0.15, -0.1) is 0 Å². The van der Waals surface area contributed by atoms with Gasteiger partial charge in [0.15, 0.2) is 0 Å². The Morgan fingerprint density at radius 2 is 1.83 bits per heavy atom. The maximum absolute atomic E-state index is 12.3. The van der Waals surface area contributed by atoms with Gasteiger partial charge in [0.1, 0.15) is 0 Å². The Morgan fingerprint density at radius 1 is 1.42 bits per heavy atom. The molecule has 0 amide bonds. The number of rotatable bonds is 3. The smallest absolute Gasteiger partial charge is 0.404 e. The van der Waals surface area contributed by atoms with Crippen molar-refractivity contribution in [3.8, 4) is 0 Å². The number of hydrogen-bond acceptors (Lipinski definition) is 2. The second kappa shape index (κ2) is 3.53. The van der Waals surface area contributed by atoms with Crippen LogP contribution in [0, 0.1) is 0 Å². The van der Waals surface area contributed by atoms with Crippen LogP contribution in [0.25, 0.3) is 0 Å². The van der Waals surface area contributed by atoms with Crippen molar-refractivity contribution in [2.45, 2.75) is 10.5 Å². The van der Waals surface area contributed by atoms with Crippen molar-refractivity contribution in [3.05, 3.63) is 12.8 Å². The molecule has 0 heterocycles. The molecule has 0 saturated heterocycles. The number of halogens is 5. The van der Waals surface area contributed by atoms with Crippen molar-refractivity contribution in [1.82, 2.24) is 0 Å². The Hall–Kier alpha value is -0.420. The third-order valence-electron chi connectivity index (χ3n) is 0.803. The van der Waals surface area contributed by atoms with E-state index < -0.39 is 16.5 Å². The maximum atomic E-state index is 12.3. The SMILES string of the molecule is C=COC(=O)C(F)(F)C(F)(Cl)Cl. The van der Waals surface area contributed by atoms with Crippen LogP contribution in [0.4, 0.5) is 13.2 Å². The minimum Gasteiger partial charge on any atom is -0.431 e. The summed E-state index contributed by atoms with van der Waals surface area (Å²) in [5.41, 5.74) is 0. The fraction of sp³-hybridized carbons (Fsp3) is 0.400. The summed E-state index contributed by atoms with van der Waals surface area (Å²) < 4.78 is 36.5. The van der Waals surface area contributed by atoms with E-state index in [-0.39, 0.29) is 0 Å². The van der Waals surface area contributed by atoms with Crippen molar-refractivity contribution >= 4 is 29.2 Å². The van der Waals surface area contributed by atoms with Gasteiger partial charge in [-0.1, -0.05) is 29.8 Å². The average molecular weight is 223 g/mol. The molecule has 0 rings (SSSR count). The highest BCUT2D eigenvalue weighted by Crippen LogP contribution is 2.40. The first-order chi connectivity index (χ1) is 5.23. The van der Waals surface area contributed by atoms with Crippen molar-refractivity contribution in [1.29, 1.82) is 0 Å². The molecule has 0 unspecified atom stereocenters. The first-order valence-electron chi connectivity index (χ1n) is 2.50. The lowest BCUT2D eigenvalue weighted by molar-refractivity contribution is -0.173. The van der Waals surface area contributed by atoms with Crippen LogP contribution in [0.1, 0.15) is 0 Å². The summed E-state index contributed by atoms with van der Waals surface area (Å²) in [7, 11) is 0. The predicted molar refractivity (Wildman–Crippen MR) is 36.8 cm³/mol. The minimum atomic E-state index is -4.62. The molecule has 0 saturated carbocycles. The fourth-order valence-corrected chi connectivity index (χ4v) is 0.420. The van der Waals surface area contributed by atoms with E-state index in [1.807, 2.05) is 0 Å². The standard InChI is InChI=1S/C5H3Cl2F3O2/c1-2-12-3(11)4(8,9)5(6,7)10/h2H,1H2.